The third-order valence-electron chi connectivity index (χ3n) is 9.77. The fourth-order valence-corrected chi connectivity index (χ4v) is 9.26. The van der Waals surface area contributed by atoms with Gasteiger partial charge in [0.05, 0.1) is 36.7 Å². The number of benzene rings is 1. The number of imidazole rings is 1. The highest BCUT2D eigenvalue weighted by Crippen LogP contribution is 2.41. The van der Waals surface area contributed by atoms with Gasteiger partial charge in [-0.2, -0.15) is 4.98 Å². The first-order chi connectivity index (χ1) is 23.6. The zero-order valence-corrected chi connectivity index (χ0v) is 31.6. The molecule has 1 aromatic carbocycles. The van der Waals surface area contributed by atoms with Crippen LogP contribution in [0.4, 0.5) is 8.78 Å². The van der Waals surface area contributed by atoms with Gasteiger partial charge in [0, 0.05) is 31.4 Å². The first-order valence-electron chi connectivity index (χ1n) is 16.7. The van der Waals surface area contributed by atoms with Gasteiger partial charge in [-0.1, -0.05) is 32.4 Å². The molecule has 0 aliphatic carbocycles. The number of nitrogens with zero attached hydrogens (tertiary/aromatic N) is 3. The van der Waals surface area contributed by atoms with Crippen molar-refractivity contribution >= 4 is 40.9 Å². The fraction of sp³-hybridized carbons (Fsp3) is 0.636. The molecule has 5 heterocycles. The van der Waals surface area contributed by atoms with Crippen LogP contribution >= 0.6 is 11.6 Å². The van der Waals surface area contributed by atoms with Crippen LogP contribution in [0.5, 0.6) is 11.8 Å². The summed E-state index contributed by atoms with van der Waals surface area (Å²) in [6.45, 7) is 12.2. The number of methoxy groups -OCH3 is 1. The molecule has 3 saturated heterocycles. The number of sulfone groups is 1. The summed E-state index contributed by atoms with van der Waals surface area (Å²) in [6.07, 6.45) is 0.207. The minimum absolute atomic E-state index is 0.0110. The number of hydrogen-bond acceptors (Lipinski definition) is 11. The molecule has 0 amide bonds. The number of rotatable bonds is 12. The van der Waals surface area contributed by atoms with Crippen LogP contribution in [0, 0.1) is 11.6 Å². The van der Waals surface area contributed by atoms with Gasteiger partial charge in [-0.3, -0.25) is 4.57 Å². The van der Waals surface area contributed by atoms with Crippen LogP contribution in [0.2, 0.25) is 23.2 Å². The average molecular weight is 760 g/mol. The van der Waals surface area contributed by atoms with E-state index in [4.69, 9.17) is 44.4 Å². The predicted molar refractivity (Wildman–Crippen MR) is 182 cm³/mol. The Bertz CT molecular complexity index is 1790. The maximum atomic E-state index is 15.0. The van der Waals surface area contributed by atoms with Crippen LogP contribution in [-0.2, 0) is 39.0 Å². The Morgan fingerprint density at radius 1 is 1.00 bits per heavy atom. The maximum absolute atomic E-state index is 15.0. The van der Waals surface area contributed by atoms with Crippen LogP contribution in [0.1, 0.15) is 51.8 Å². The van der Waals surface area contributed by atoms with Gasteiger partial charge in [-0.15, -0.1) is 0 Å². The topological polar surface area (TPSA) is 129 Å². The van der Waals surface area contributed by atoms with E-state index < -0.39 is 64.6 Å². The quantitative estimate of drug-likeness (QED) is 0.159. The Kier molecular flexibility index (Phi) is 10.8. The summed E-state index contributed by atoms with van der Waals surface area (Å²) >= 11 is 6.49. The predicted octanol–water partition coefficient (Wildman–Crippen LogP) is 6.00. The van der Waals surface area contributed by atoms with Crippen LogP contribution in [0.15, 0.2) is 23.2 Å². The summed E-state index contributed by atoms with van der Waals surface area (Å²) in [5.74, 6) is -3.30. The first kappa shape index (κ1) is 37.3. The standard InChI is InChI=1S/C33H44ClF2N3O9SSi/c1-33(2,3)50(5,6)48-26-17-46-28-25(16-45-29(26)28)47-32-37-24-15-21(34)31(38-30(24)39(32)27-9-7-8-10-44-27)49(40,41)18-20-22(35)13-19(14-23(20)36)43-12-11-42-4/h13-15,25-29H,7-12,16-18H2,1-6H3/t25-,26-,27?,28-,29-/m1/s1. The zero-order valence-electron chi connectivity index (χ0n) is 29.0. The lowest BCUT2D eigenvalue weighted by molar-refractivity contribution is -0.0407. The third-order valence-corrected chi connectivity index (χ3v) is 16.2. The summed E-state index contributed by atoms with van der Waals surface area (Å²) in [5.41, 5.74) is -0.270. The van der Waals surface area contributed by atoms with Crippen molar-refractivity contribution in [1.82, 2.24) is 14.5 Å². The Morgan fingerprint density at radius 3 is 2.32 bits per heavy atom. The SMILES string of the molecule is COCCOc1cc(F)c(CS(=O)(=O)c2nc3c(cc2Cl)nc(O[C@@H]2CO[C@H]4[C@@H]2OC[C@H]4O[Si](C)(C)C(C)(C)C)n3C2CCCCO2)c(F)c1. The number of aromatic nitrogens is 3. The van der Waals surface area contributed by atoms with Crippen LogP contribution in [0.3, 0.4) is 0 Å². The number of pyridine rings is 1. The molecule has 6 rings (SSSR count). The molecule has 0 saturated carbocycles. The lowest BCUT2D eigenvalue weighted by atomic mass is 10.1. The summed E-state index contributed by atoms with van der Waals surface area (Å²) in [7, 11) is -5.12. The second kappa shape index (κ2) is 14.5. The number of fused-ring (bicyclic) bond motifs is 2. The van der Waals surface area contributed by atoms with Crippen molar-refractivity contribution < 1.29 is 50.0 Å². The highest BCUT2D eigenvalue weighted by molar-refractivity contribution is 7.90. The van der Waals surface area contributed by atoms with Gasteiger partial charge in [-0.05, 0) is 43.5 Å². The van der Waals surface area contributed by atoms with Crippen molar-refractivity contribution in [3.8, 4) is 11.8 Å². The Hall–Kier alpha value is -2.44. The van der Waals surface area contributed by atoms with E-state index in [1.165, 1.54) is 13.2 Å². The minimum atomic E-state index is -4.48. The summed E-state index contributed by atoms with van der Waals surface area (Å²) in [6, 6.07) is 3.34. The van der Waals surface area contributed by atoms with E-state index in [0.29, 0.717) is 19.6 Å². The number of hydrogen-bond donors (Lipinski definition) is 0. The molecule has 276 valence electrons. The van der Waals surface area contributed by atoms with E-state index in [1.54, 1.807) is 4.57 Å². The molecule has 0 bridgehead atoms. The molecule has 5 atom stereocenters. The molecule has 3 aliphatic heterocycles. The second-order valence-corrected chi connectivity index (χ2v) is 21.4. The Labute approximate surface area is 296 Å². The van der Waals surface area contributed by atoms with Crippen molar-refractivity contribution in [2.75, 3.05) is 40.1 Å². The molecular formula is C33H44ClF2N3O9SSi. The number of ether oxygens (including phenoxy) is 6. The Morgan fingerprint density at radius 2 is 1.68 bits per heavy atom. The molecule has 0 radical (unpaired) electrons. The summed E-state index contributed by atoms with van der Waals surface area (Å²) in [5, 5.41) is -0.798. The molecule has 0 N–H and O–H groups in total. The zero-order chi connectivity index (χ0) is 36.0. The van der Waals surface area contributed by atoms with Crippen LogP contribution in [-0.4, -0.2) is 95.8 Å². The normalized spacial score (nSPS) is 24.5. The van der Waals surface area contributed by atoms with Crippen molar-refractivity contribution in [1.29, 1.82) is 0 Å². The van der Waals surface area contributed by atoms with E-state index in [2.05, 4.69) is 43.8 Å². The fourth-order valence-electron chi connectivity index (χ4n) is 6.07. The van der Waals surface area contributed by atoms with Crippen molar-refractivity contribution in [3.63, 3.8) is 0 Å². The lowest BCUT2D eigenvalue weighted by Crippen LogP contribution is -2.47. The molecule has 50 heavy (non-hydrogen) atoms. The molecular weight excluding hydrogens is 716 g/mol. The summed E-state index contributed by atoms with van der Waals surface area (Å²) in [4.78, 5) is 9.09. The van der Waals surface area contributed by atoms with Crippen LogP contribution in [0.25, 0.3) is 11.2 Å². The highest BCUT2D eigenvalue weighted by atomic mass is 35.5. The van der Waals surface area contributed by atoms with E-state index in [1.807, 2.05) is 0 Å². The van der Waals surface area contributed by atoms with Crippen molar-refractivity contribution in [3.05, 3.63) is 40.4 Å². The molecule has 3 aromatic rings. The molecule has 17 heteroatoms. The monoisotopic (exact) mass is 759 g/mol. The average Bonchev–Trinajstić information content (AvgIpc) is 3.73. The highest BCUT2D eigenvalue weighted by Gasteiger charge is 2.52. The van der Waals surface area contributed by atoms with Crippen LogP contribution < -0.4 is 9.47 Å². The summed E-state index contributed by atoms with van der Waals surface area (Å²) < 4.78 is 101. The molecule has 2 aromatic heterocycles. The van der Waals surface area contributed by atoms with E-state index >= 15 is 8.78 Å². The third kappa shape index (κ3) is 7.54. The first-order valence-corrected chi connectivity index (χ1v) is 21.6. The van der Waals surface area contributed by atoms with Gasteiger partial charge in [0.25, 0.3) is 0 Å². The van der Waals surface area contributed by atoms with Gasteiger partial charge in [0.2, 0.25) is 9.84 Å². The maximum Gasteiger partial charge on any atom is 0.301 e. The van der Waals surface area contributed by atoms with Gasteiger partial charge in [0.1, 0.15) is 47.9 Å². The smallest absolute Gasteiger partial charge is 0.301 e. The van der Waals surface area contributed by atoms with Gasteiger partial charge in [-0.25, -0.2) is 22.2 Å². The van der Waals surface area contributed by atoms with E-state index in [0.717, 1.165) is 25.0 Å². The van der Waals surface area contributed by atoms with Gasteiger partial charge >= 0.3 is 6.01 Å². The molecule has 3 aliphatic rings. The number of halogens is 3. The van der Waals surface area contributed by atoms with Crippen molar-refractivity contribution in [2.24, 2.45) is 0 Å². The van der Waals surface area contributed by atoms with E-state index in [9.17, 15) is 8.42 Å². The van der Waals surface area contributed by atoms with Crippen molar-refractivity contribution in [2.45, 2.75) is 99.6 Å². The molecule has 1 unspecified atom stereocenters. The van der Waals surface area contributed by atoms with E-state index in [-0.39, 0.29) is 65.0 Å². The lowest BCUT2D eigenvalue weighted by Gasteiger charge is -2.39. The largest absolute Gasteiger partial charge is 0.491 e. The Balaban J connectivity index is 1.29. The second-order valence-electron chi connectivity index (χ2n) is 14.3. The molecule has 3 fully saturated rings. The molecule has 0 spiro atoms. The minimum Gasteiger partial charge on any atom is -0.491 e. The van der Waals surface area contributed by atoms with Gasteiger partial charge < -0.3 is 32.8 Å². The van der Waals surface area contributed by atoms with Gasteiger partial charge in [0.15, 0.2) is 25.1 Å². The molecule has 12 nitrogen and oxygen atoms in total.